The highest BCUT2D eigenvalue weighted by Crippen LogP contribution is 2.14. The van der Waals surface area contributed by atoms with E-state index in [0.717, 1.165) is 31.2 Å². The normalized spacial score (nSPS) is 14.8. The minimum atomic E-state index is 0.150. The lowest BCUT2D eigenvalue weighted by Gasteiger charge is -2.28. The number of thiophene rings is 1. The molecule has 0 unspecified atom stereocenters. The van der Waals surface area contributed by atoms with Crippen molar-refractivity contribution in [3.8, 4) is 0 Å². The van der Waals surface area contributed by atoms with Crippen LogP contribution in [0.5, 0.6) is 0 Å². The van der Waals surface area contributed by atoms with Crippen LogP contribution in [-0.4, -0.2) is 50.6 Å². The molecule has 1 aliphatic heterocycles. The number of hydrogen-bond acceptors (Lipinski definition) is 5. The summed E-state index contributed by atoms with van der Waals surface area (Å²) >= 11 is 1.68. The maximum atomic E-state index is 12.4. The largest absolute Gasteiger partial charge is 0.340 e. The van der Waals surface area contributed by atoms with Gasteiger partial charge in [0.15, 0.2) is 0 Å². The van der Waals surface area contributed by atoms with Gasteiger partial charge in [-0.2, -0.15) is 0 Å². The highest BCUT2D eigenvalue weighted by molar-refractivity contribution is 7.09. The summed E-state index contributed by atoms with van der Waals surface area (Å²) in [6.07, 6.45) is 0.898. The van der Waals surface area contributed by atoms with Gasteiger partial charge in [-0.3, -0.25) is 9.69 Å². The van der Waals surface area contributed by atoms with E-state index in [1.165, 1.54) is 4.88 Å². The maximum Gasteiger partial charge on any atom is 0.236 e. The molecule has 0 N–H and O–H groups in total. The molecule has 0 fully saturated rings. The van der Waals surface area contributed by atoms with E-state index >= 15 is 0 Å². The van der Waals surface area contributed by atoms with Crippen LogP contribution >= 0.6 is 11.3 Å². The van der Waals surface area contributed by atoms with Gasteiger partial charge in [0.1, 0.15) is 11.6 Å². The molecule has 1 amide bonds. The fourth-order valence-electron chi connectivity index (χ4n) is 2.70. The Bertz CT molecular complexity index is 636. The molecule has 0 saturated heterocycles. The van der Waals surface area contributed by atoms with Crippen molar-refractivity contribution in [1.29, 1.82) is 0 Å². The first-order valence-electron chi connectivity index (χ1n) is 7.57. The number of rotatable bonds is 5. The molecule has 118 valence electrons. The minimum Gasteiger partial charge on any atom is -0.340 e. The molecule has 0 aliphatic carbocycles. The second-order valence-corrected chi connectivity index (χ2v) is 6.61. The SMILES string of the molecule is CCc1nnc2n1CCN(CC(=O)N(C)Cc1cccs1)C2. The third-order valence-corrected chi connectivity index (χ3v) is 4.84. The molecule has 0 atom stereocenters. The number of aryl methyl sites for hydroxylation is 1. The summed E-state index contributed by atoms with van der Waals surface area (Å²) in [6.45, 7) is 5.65. The second-order valence-electron chi connectivity index (χ2n) is 5.58. The van der Waals surface area contributed by atoms with Crippen LogP contribution in [0.4, 0.5) is 0 Å². The van der Waals surface area contributed by atoms with Gasteiger partial charge in [-0.25, -0.2) is 0 Å². The first kappa shape index (κ1) is 15.2. The molecule has 1 aliphatic rings. The lowest BCUT2D eigenvalue weighted by molar-refractivity contribution is -0.132. The number of fused-ring (bicyclic) bond motifs is 1. The molecule has 0 saturated carbocycles. The van der Waals surface area contributed by atoms with Crippen LogP contribution in [0.15, 0.2) is 17.5 Å². The molecule has 3 heterocycles. The number of hydrogen-bond donors (Lipinski definition) is 0. The van der Waals surface area contributed by atoms with E-state index in [1.807, 2.05) is 18.5 Å². The predicted octanol–water partition coefficient (Wildman–Crippen LogP) is 1.38. The Kier molecular flexibility index (Phi) is 4.54. The Labute approximate surface area is 134 Å². The first-order chi connectivity index (χ1) is 10.7. The Morgan fingerprint density at radius 3 is 3.00 bits per heavy atom. The van der Waals surface area contributed by atoms with Crippen molar-refractivity contribution in [1.82, 2.24) is 24.6 Å². The lowest BCUT2D eigenvalue weighted by atomic mass is 10.3. The van der Waals surface area contributed by atoms with Gasteiger partial charge in [0, 0.05) is 31.4 Å². The van der Waals surface area contributed by atoms with Crippen molar-refractivity contribution in [2.75, 3.05) is 20.1 Å². The van der Waals surface area contributed by atoms with Gasteiger partial charge in [0.05, 0.1) is 19.6 Å². The summed E-state index contributed by atoms with van der Waals surface area (Å²) < 4.78 is 2.18. The van der Waals surface area contributed by atoms with Crippen LogP contribution < -0.4 is 0 Å². The van der Waals surface area contributed by atoms with Crippen molar-refractivity contribution >= 4 is 17.2 Å². The van der Waals surface area contributed by atoms with Gasteiger partial charge in [0.2, 0.25) is 5.91 Å². The molecule has 0 bridgehead atoms. The van der Waals surface area contributed by atoms with Gasteiger partial charge in [-0.1, -0.05) is 13.0 Å². The molecule has 0 radical (unpaired) electrons. The number of carbonyl (C=O) groups excluding carboxylic acids is 1. The summed E-state index contributed by atoms with van der Waals surface area (Å²) in [4.78, 5) is 17.5. The van der Waals surface area contributed by atoms with E-state index in [9.17, 15) is 4.79 Å². The average molecular weight is 319 g/mol. The molecule has 7 heteroatoms. The van der Waals surface area contributed by atoms with Gasteiger partial charge < -0.3 is 9.47 Å². The van der Waals surface area contributed by atoms with Crippen molar-refractivity contribution in [2.45, 2.75) is 33.0 Å². The number of nitrogens with zero attached hydrogens (tertiary/aromatic N) is 5. The minimum absolute atomic E-state index is 0.150. The third kappa shape index (κ3) is 3.20. The summed E-state index contributed by atoms with van der Waals surface area (Å²) in [7, 11) is 1.86. The number of aromatic nitrogens is 3. The molecular formula is C15H21N5OS. The van der Waals surface area contributed by atoms with E-state index in [-0.39, 0.29) is 5.91 Å². The van der Waals surface area contributed by atoms with Crippen molar-refractivity contribution in [2.24, 2.45) is 0 Å². The summed E-state index contributed by atoms with van der Waals surface area (Å²) in [6, 6.07) is 4.07. The summed E-state index contributed by atoms with van der Waals surface area (Å²) in [5.74, 6) is 2.16. The fraction of sp³-hybridized carbons (Fsp3) is 0.533. The third-order valence-electron chi connectivity index (χ3n) is 3.98. The Morgan fingerprint density at radius 1 is 1.41 bits per heavy atom. The maximum absolute atomic E-state index is 12.4. The molecule has 3 rings (SSSR count). The highest BCUT2D eigenvalue weighted by Gasteiger charge is 2.23. The number of likely N-dealkylation sites (N-methyl/N-ethyl adjacent to an activating group) is 1. The Balaban J connectivity index is 1.56. The van der Waals surface area contributed by atoms with Crippen LogP contribution in [0.3, 0.4) is 0 Å². The van der Waals surface area contributed by atoms with Crippen LogP contribution in [0.2, 0.25) is 0 Å². The Morgan fingerprint density at radius 2 is 2.27 bits per heavy atom. The first-order valence-corrected chi connectivity index (χ1v) is 8.45. The van der Waals surface area contributed by atoms with E-state index in [1.54, 1.807) is 16.2 Å². The standard InChI is InChI=1S/C15H21N5OS/c1-3-13-16-17-14-10-19(6-7-20(13)14)11-15(21)18(2)9-12-5-4-8-22-12/h4-5,8H,3,6-7,9-11H2,1-2H3. The van der Waals surface area contributed by atoms with E-state index in [0.29, 0.717) is 19.6 Å². The highest BCUT2D eigenvalue weighted by atomic mass is 32.1. The van der Waals surface area contributed by atoms with E-state index in [2.05, 4.69) is 32.7 Å². The van der Waals surface area contributed by atoms with Crippen LogP contribution in [0.1, 0.15) is 23.4 Å². The van der Waals surface area contributed by atoms with E-state index < -0.39 is 0 Å². The lowest BCUT2D eigenvalue weighted by Crippen LogP contribution is -2.42. The average Bonchev–Trinajstić information content (AvgIpc) is 3.15. The smallest absolute Gasteiger partial charge is 0.236 e. The summed E-state index contributed by atoms with van der Waals surface area (Å²) in [5.41, 5.74) is 0. The molecule has 2 aromatic heterocycles. The van der Waals surface area contributed by atoms with Crippen LogP contribution in [-0.2, 0) is 30.8 Å². The molecule has 0 aromatic carbocycles. The molecule has 22 heavy (non-hydrogen) atoms. The molecule has 2 aromatic rings. The van der Waals surface area contributed by atoms with Crippen molar-refractivity contribution in [3.63, 3.8) is 0 Å². The van der Waals surface area contributed by atoms with Crippen molar-refractivity contribution in [3.05, 3.63) is 34.0 Å². The topological polar surface area (TPSA) is 54.3 Å². The zero-order chi connectivity index (χ0) is 15.5. The van der Waals surface area contributed by atoms with Crippen molar-refractivity contribution < 1.29 is 4.79 Å². The second kappa shape index (κ2) is 6.58. The number of amides is 1. The fourth-order valence-corrected chi connectivity index (χ4v) is 3.46. The summed E-state index contributed by atoms with van der Waals surface area (Å²) in [5, 5.41) is 10.5. The van der Waals surface area contributed by atoms with E-state index in [4.69, 9.17) is 0 Å². The zero-order valence-corrected chi connectivity index (χ0v) is 13.8. The number of carbonyl (C=O) groups is 1. The van der Waals surface area contributed by atoms with Crippen LogP contribution in [0, 0.1) is 0 Å². The molecule has 6 nitrogen and oxygen atoms in total. The van der Waals surface area contributed by atoms with Gasteiger partial charge >= 0.3 is 0 Å². The molecule has 0 spiro atoms. The Hall–Kier alpha value is -1.73. The van der Waals surface area contributed by atoms with Crippen LogP contribution in [0.25, 0.3) is 0 Å². The molecular weight excluding hydrogens is 298 g/mol. The monoisotopic (exact) mass is 319 g/mol. The van der Waals surface area contributed by atoms with Gasteiger partial charge in [-0.15, -0.1) is 21.5 Å². The van der Waals surface area contributed by atoms with Gasteiger partial charge in [0.25, 0.3) is 0 Å². The zero-order valence-electron chi connectivity index (χ0n) is 13.0. The predicted molar refractivity (Wildman–Crippen MR) is 85.5 cm³/mol. The van der Waals surface area contributed by atoms with Gasteiger partial charge in [-0.05, 0) is 11.4 Å². The quantitative estimate of drug-likeness (QED) is 0.835.